The smallest absolute Gasteiger partial charge is 0.227 e. The van der Waals surface area contributed by atoms with Gasteiger partial charge in [0.15, 0.2) is 0 Å². The van der Waals surface area contributed by atoms with E-state index in [1.165, 1.54) is 11.8 Å². The van der Waals surface area contributed by atoms with Gasteiger partial charge in [-0.1, -0.05) is 0 Å². The molecule has 0 radical (unpaired) electrons. The number of carbonyl (C=O) groups is 3. The van der Waals surface area contributed by atoms with Gasteiger partial charge in [-0.05, 0) is 24.3 Å². The molecule has 20 heavy (non-hydrogen) atoms. The van der Waals surface area contributed by atoms with Crippen LogP contribution in [0.3, 0.4) is 0 Å². The number of anilines is 2. The molecule has 0 spiro atoms. The quantitative estimate of drug-likeness (QED) is 0.872. The predicted molar refractivity (Wildman–Crippen MR) is 75.2 cm³/mol. The zero-order valence-corrected chi connectivity index (χ0v) is 11.5. The first kappa shape index (κ1) is 14.0. The zero-order chi connectivity index (χ0) is 14.9. The summed E-state index contributed by atoms with van der Waals surface area (Å²) in [5, 5.41) is 0. The molecule has 1 aromatic rings. The van der Waals surface area contributed by atoms with E-state index in [-0.39, 0.29) is 18.2 Å². The number of hydrogen-bond donors (Lipinski definition) is 1. The van der Waals surface area contributed by atoms with Gasteiger partial charge >= 0.3 is 0 Å². The van der Waals surface area contributed by atoms with E-state index in [1.54, 1.807) is 36.2 Å². The molecule has 1 aliphatic rings. The van der Waals surface area contributed by atoms with Crippen molar-refractivity contribution in [3.05, 3.63) is 24.3 Å². The molecule has 1 fully saturated rings. The minimum absolute atomic E-state index is 0.0659. The third-order valence-electron chi connectivity index (χ3n) is 3.55. The first-order valence-corrected chi connectivity index (χ1v) is 6.34. The number of benzene rings is 1. The van der Waals surface area contributed by atoms with Crippen molar-refractivity contribution in [2.75, 3.05) is 23.4 Å². The SMILES string of the molecule is CC(=O)N(C)c1ccc(N2CC(C(N)=O)CC2=O)cc1. The highest BCUT2D eigenvalue weighted by molar-refractivity contribution is 6.00. The lowest BCUT2D eigenvalue weighted by molar-refractivity contribution is -0.123. The second kappa shape index (κ2) is 5.32. The summed E-state index contributed by atoms with van der Waals surface area (Å²) in [6, 6.07) is 7.05. The minimum Gasteiger partial charge on any atom is -0.369 e. The van der Waals surface area contributed by atoms with Crippen molar-refractivity contribution in [3.63, 3.8) is 0 Å². The van der Waals surface area contributed by atoms with Crippen LogP contribution < -0.4 is 15.5 Å². The second-order valence-corrected chi connectivity index (χ2v) is 4.90. The van der Waals surface area contributed by atoms with Crippen molar-refractivity contribution in [1.29, 1.82) is 0 Å². The molecular formula is C14H17N3O3. The molecular weight excluding hydrogens is 258 g/mol. The Morgan fingerprint density at radius 1 is 1.30 bits per heavy atom. The Balaban J connectivity index is 2.17. The van der Waals surface area contributed by atoms with Crippen molar-refractivity contribution in [2.24, 2.45) is 11.7 Å². The summed E-state index contributed by atoms with van der Waals surface area (Å²) < 4.78 is 0. The van der Waals surface area contributed by atoms with Gasteiger partial charge in [-0.15, -0.1) is 0 Å². The molecule has 0 saturated carbocycles. The van der Waals surface area contributed by atoms with Crippen LogP contribution in [0.25, 0.3) is 0 Å². The first-order chi connectivity index (χ1) is 9.40. The van der Waals surface area contributed by atoms with E-state index in [1.807, 2.05) is 0 Å². The monoisotopic (exact) mass is 275 g/mol. The second-order valence-electron chi connectivity index (χ2n) is 4.90. The normalized spacial score (nSPS) is 18.2. The average Bonchev–Trinajstić information content (AvgIpc) is 2.80. The van der Waals surface area contributed by atoms with Crippen LogP contribution in [0.4, 0.5) is 11.4 Å². The van der Waals surface area contributed by atoms with Gasteiger partial charge in [0.2, 0.25) is 17.7 Å². The van der Waals surface area contributed by atoms with Gasteiger partial charge in [0.25, 0.3) is 0 Å². The van der Waals surface area contributed by atoms with Crippen LogP contribution in [0.2, 0.25) is 0 Å². The Hall–Kier alpha value is -2.37. The Bertz CT molecular complexity index is 553. The van der Waals surface area contributed by atoms with Crippen LogP contribution in [-0.2, 0) is 14.4 Å². The fourth-order valence-corrected chi connectivity index (χ4v) is 2.19. The van der Waals surface area contributed by atoms with E-state index in [0.717, 1.165) is 5.69 Å². The Labute approximate surface area is 117 Å². The number of primary amides is 1. The first-order valence-electron chi connectivity index (χ1n) is 6.34. The van der Waals surface area contributed by atoms with Crippen LogP contribution >= 0.6 is 0 Å². The van der Waals surface area contributed by atoms with Crippen LogP contribution in [-0.4, -0.2) is 31.3 Å². The molecule has 6 heteroatoms. The lowest BCUT2D eigenvalue weighted by Gasteiger charge is -2.19. The molecule has 2 rings (SSSR count). The summed E-state index contributed by atoms with van der Waals surface area (Å²) in [6.07, 6.45) is 0.157. The Kier molecular flexibility index (Phi) is 3.74. The Morgan fingerprint density at radius 3 is 2.35 bits per heavy atom. The molecule has 1 unspecified atom stereocenters. The maximum atomic E-state index is 11.9. The molecule has 1 aliphatic heterocycles. The van der Waals surface area contributed by atoms with E-state index >= 15 is 0 Å². The van der Waals surface area contributed by atoms with E-state index < -0.39 is 11.8 Å². The molecule has 1 saturated heterocycles. The highest BCUT2D eigenvalue weighted by Crippen LogP contribution is 2.26. The summed E-state index contributed by atoms with van der Waals surface area (Å²) in [6.45, 7) is 1.80. The molecule has 6 nitrogen and oxygen atoms in total. The molecule has 2 N–H and O–H groups in total. The van der Waals surface area contributed by atoms with Gasteiger partial charge < -0.3 is 15.5 Å². The zero-order valence-electron chi connectivity index (χ0n) is 11.5. The van der Waals surface area contributed by atoms with E-state index in [2.05, 4.69) is 0 Å². The fourth-order valence-electron chi connectivity index (χ4n) is 2.19. The molecule has 1 atom stereocenters. The molecule has 1 heterocycles. The minimum atomic E-state index is -0.450. The number of hydrogen-bond acceptors (Lipinski definition) is 3. The lowest BCUT2D eigenvalue weighted by Crippen LogP contribution is -2.28. The van der Waals surface area contributed by atoms with Gasteiger partial charge in [-0.3, -0.25) is 14.4 Å². The third kappa shape index (κ3) is 2.64. The number of nitrogens with two attached hydrogens (primary N) is 1. The largest absolute Gasteiger partial charge is 0.369 e. The average molecular weight is 275 g/mol. The molecule has 3 amide bonds. The van der Waals surface area contributed by atoms with E-state index in [0.29, 0.717) is 12.2 Å². The van der Waals surface area contributed by atoms with Crippen molar-refractivity contribution in [3.8, 4) is 0 Å². The number of nitrogens with zero attached hydrogens (tertiary/aromatic N) is 2. The summed E-state index contributed by atoms with van der Waals surface area (Å²) >= 11 is 0. The van der Waals surface area contributed by atoms with E-state index in [4.69, 9.17) is 5.73 Å². The highest BCUT2D eigenvalue weighted by Gasteiger charge is 2.33. The van der Waals surface area contributed by atoms with Crippen molar-refractivity contribution in [1.82, 2.24) is 0 Å². The van der Waals surface area contributed by atoms with Gasteiger partial charge in [-0.2, -0.15) is 0 Å². The van der Waals surface area contributed by atoms with Crippen LogP contribution in [0, 0.1) is 5.92 Å². The molecule has 0 aliphatic carbocycles. The van der Waals surface area contributed by atoms with Crippen molar-refractivity contribution >= 4 is 29.1 Å². The highest BCUT2D eigenvalue weighted by atomic mass is 16.2. The van der Waals surface area contributed by atoms with Crippen molar-refractivity contribution in [2.45, 2.75) is 13.3 Å². The topological polar surface area (TPSA) is 83.7 Å². The molecule has 1 aromatic carbocycles. The van der Waals surface area contributed by atoms with Gasteiger partial charge in [0, 0.05) is 38.3 Å². The molecule has 106 valence electrons. The van der Waals surface area contributed by atoms with Crippen LogP contribution in [0.15, 0.2) is 24.3 Å². The molecule has 0 bridgehead atoms. The van der Waals surface area contributed by atoms with Crippen LogP contribution in [0.1, 0.15) is 13.3 Å². The van der Waals surface area contributed by atoms with Crippen molar-refractivity contribution < 1.29 is 14.4 Å². The van der Waals surface area contributed by atoms with E-state index in [9.17, 15) is 14.4 Å². The van der Waals surface area contributed by atoms with Gasteiger partial charge in [-0.25, -0.2) is 0 Å². The van der Waals surface area contributed by atoms with Crippen LogP contribution in [0.5, 0.6) is 0 Å². The van der Waals surface area contributed by atoms with Gasteiger partial charge in [0.05, 0.1) is 5.92 Å². The standard InChI is InChI=1S/C14H17N3O3/c1-9(18)16(2)11-3-5-12(6-4-11)17-8-10(14(15)20)7-13(17)19/h3-6,10H,7-8H2,1-2H3,(H2,15,20). The summed E-state index contributed by atoms with van der Waals surface area (Å²) in [4.78, 5) is 37.3. The maximum Gasteiger partial charge on any atom is 0.227 e. The predicted octanol–water partition coefficient (Wildman–Crippen LogP) is 0.508. The van der Waals surface area contributed by atoms with Gasteiger partial charge in [0.1, 0.15) is 0 Å². The maximum absolute atomic E-state index is 11.9. The molecule has 0 aromatic heterocycles. The Morgan fingerprint density at radius 2 is 1.90 bits per heavy atom. The summed E-state index contributed by atoms with van der Waals surface area (Å²) in [5.74, 6) is -1.05. The number of carbonyl (C=O) groups excluding carboxylic acids is 3. The lowest BCUT2D eigenvalue weighted by atomic mass is 10.1. The summed E-state index contributed by atoms with van der Waals surface area (Å²) in [7, 11) is 1.68. The number of rotatable bonds is 3. The fraction of sp³-hybridized carbons (Fsp3) is 0.357. The third-order valence-corrected chi connectivity index (χ3v) is 3.55. The number of amides is 3. The summed E-state index contributed by atoms with van der Waals surface area (Å²) in [5.41, 5.74) is 6.69.